The van der Waals surface area contributed by atoms with Crippen LogP contribution in [0.15, 0.2) is 48.5 Å². The zero-order valence-electron chi connectivity index (χ0n) is 13.5. The Balaban J connectivity index is 1.89. The average Bonchev–Trinajstić information content (AvgIpc) is 2.63. The first-order chi connectivity index (χ1) is 12.4. The van der Waals surface area contributed by atoms with E-state index >= 15 is 0 Å². The van der Waals surface area contributed by atoms with E-state index < -0.39 is 17.8 Å². The molecule has 0 aliphatic rings. The van der Waals surface area contributed by atoms with Crippen molar-refractivity contribution < 1.29 is 27.5 Å². The first-order valence-corrected chi connectivity index (χ1v) is 7.50. The second-order valence-corrected chi connectivity index (χ2v) is 5.13. The molecule has 0 unspecified atom stereocenters. The van der Waals surface area contributed by atoms with Crippen molar-refractivity contribution in [2.45, 2.75) is 12.8 Å². The summed E-state index contributed by atoms with van der Waals surface area (Å²) in [7, 11) is 0. The lowest BCUT2D eigenvalue weighted by Gasteiger charge is -2.07. The second-order valence-electron chi connectivity index (χ2n) is 5.13. The summed E-state index contributed by atoms with van der Waals surface area (Å²) in [5.41, 5.74) is -0.117. The van der Waals surface area contributed by atoms with Crippen molar-refractivity contribution in [2.75, 3.05) is 6.54 Å². The number of hydrogen-bond acceptors (Lipinski definition) is 3. The molecular formula is C19H14F3NO3. The molecule has 0 radical (unpaired) electrons. The number of hydrogen-bond donors (Lipinski definition) is 1. The normalized spacial score (nSPS) is 10.4. The van der Waals surface area contributed by atoms with Gasteiger partial charge in [0.1, 0.15) is 6.61 Å². The summed E-state index contributed by atoms with van der Waals surface area (Å²) in [6, 6.07) is 11.8. The van der Waals surface area contributed by atoms with Gasteiger partial charge in [0, 0.05) is 11.1 Å². The highest BCUT2D eigenvalue weighted by molar-refractivity contribution is 5.80. The standard InChI is InChI=1S/C19H14F3NO3/c20-19(21,22)17-9-8-15(16(11-17)12-24)7-4-10-23-18(25)26-13-14-5-2-1-3-6-14/h1-3,5-6,8-9,11-12H,10,13H2,(H,23,25). The third kappa shape index (κ3) is 5.67. The van der Waals surface area contributed by atoms with Crippen molar-refractivity contribution in [1.29, 1.82) is 0 Å². The monoisotopic (exact) mass is 361 g/mol. The van der Waals surface area contributed by atoms with Crippen LogP contribution in [0.2, 0.25) is 0 Å². The van der Waals surface area contributed by atoms with E-state index in [1.165, 1.54) is 0 Å². The smallest absolute Gasteiger partial charge is 0.416 e. The molecule has 4 nitrogen and oxygen atoms in total. The molecule has 0 spiro atoms. The highest BCUT2D eigenvalue weighted by atomic mass is 19.4. The van der Waals surface area contributed by atoms with Gasteiger partial charge in [0.25, 0.3) is 0 Å². The fourth-order valence-electron chi connectivity index (χ4n) is 1.98. The van der Waals surface area contributed by atoms with Gasteiger partial charge in [-0.3, -0.25) is 4.79 Å². The van der Waals surface area contributed by atoms with E-state index in [2.05, 4.69) is 17.2 Å². The molecule has 0 aliphatic carbocycles. The van der Waals surface area contributed by atoms with Crippen LogP contribution < -0.4 is 5.32 Å². The maximum Gasteiger partial charge on any atom is 0.416 e. The molecule has 0 fully saturated rings. The number of nitrogens with one attached hydrogen (secondary N) is 1. The van der Waals surface area contributed by atoms with Crippen molar-refractivity contribution in [3.05, 3.63) is 70.8 Å². The number of aldehydes is 1. The third-order valence-electron chi connectivity index (χ3n) is 3.26. The molecule has 1 amide bonds. The highest BCUT2D eigenvalue weighted by Crippen LogP contribution is 2.30. The number of carbonyl (C=O) groups excluding carboxylic acids is 2. The van der Waals surface area contributed by atoms with Crippen LogP contribution in [0.25, 0.3) is 0 Å². The summed E-state index contributed by atoms with van der Waals surface area (Å²) >= 11 is 0. The van der Waals surface area contributed by atoms with Crippen molar-refractivity contribution in [2.24, 2.45) is 0 Å². The van der Waals surface area contributed by atoms with Crippen LogP contribution in [0, 0.1) is 11.8 Å². The van der Waals surface area contributed by atoms with Crippen LogP contribution in [0.3, 0.4) is 0 Å². The first-order valence-electron chi connectivity index (χ1n) is 7.50. The summed E-state index contributed by atoms with van der Waals surface area (Å²) in [5, 5.41) is 2.39. The van der Waals surface area contributed by atoms with Crippen LogP contribution in [-0.2, 0) is 17.5 Å². The molecule has 1 N–H and O–H groups in total. The van der Waals surface area contributed by atoms with Gasteiger partial charge in [0.15, 0.2) is 6.29 Å². The van der Waals surface area contributed by atoms with Crippen LogP contribution in [0.1, 0.15) is 27.0 Å². The zero-order valence-corrected chi connectivity index (χ0v) is 13.5. The van der Waals surface area contributed by atoms with Gasteiger partial charge in [-0.15, -0.1) is 0 Å². The third-order valence-corrected chi connectivity index (χ3v) is 3.26. The number of amides is 1. The number of carbonyl (C=O) groups is 2. The zero-order chi connectivity index (χ0) is 19.0. The molecule has 0 aromatic heterocycles. The van der Waals surface area contributed by atoms with E-state index in [1.54, 1.807) is 12.1 Å². The molecule has 7 heteroatoms. The largest absolute Gasteiger partial charge is 0.445 e. The summed E-state index contributed by atoms with van der Waals surface area (Å²) in [5.74, 6) is 5.11. The predicted molar refractivity (Wildman–Crippen MR) is 88.3 cm³/mol. The fraction of sp³-hybridized carbons (Fsp3) is 0.158. The lowest BCUT2D eigenvalue weighted by Crippen LogP contribution is -2.24. The molecular weight excluding hydrogens is 347 g/mol. The number of halogens is 3. The number of rotatable bonds is 4. The van der Waals surface area contributed by atoms with Gasteiger partial charge in [-0.05, 0) is 23.8 Å². The Morgan fingerprint density at radius 3 is 2.54 bits per heavy atom. The maximum atomic E-state index is 12.6. The van der Waals surface area contributed by atoms with Crippen LogP contribution in [-0.4, -0.2) is 18.9 Å². The first kappa shape index (κ1) is 19.1. The van der Waals surface area contributed by atoms with Gasteiger partial charge in [-0.2, -0.15) is 13.2 Å². The van der Waals surface area contributed by atoms with Crippen molar-refractivity contribution in [3.8, 4) is 11.8 Å². The summed E-state index contributed by atoms with van der Waals surface area (Å²) in [6.07, 6.45) is -4.90. The minimum absolute atomic E-state index is 0.0764. The van der Waals surface area contributed by atoms with Gasteiger partial charge < -0.3 is 10.1 Å². The Labute approximate surface area is 148 Å². The quantitative estimate of drug-likeness (QED) is 0.666. The van der Waals surface area contributed by atoms with Gasteiger partial charge in [0.05, 0.1) is 12.1 Å². The molecule has 26 heavy (non-hydrogen) atoms. The molecule has 134 valence electrons. The molecule has 0 bridgehead atoms. The molecule has 0 atom stereocenters. The highest BCUT2D eigenvalue weighted by Gasteiger charge is 2.30. The molecule has 2 aromatic carbocycles. The van der Waals surface area contributed by atoms with Gasteiger partial charge in [-0.1, -0.05) is 42.2 Å². The summed E-state index contributed by atoms with van der Waals surface area (Å²) in [6.45, 7) is 0.0290. The number of benzene rings is 2. The molecule has 0 heterocycles. The van der Waals surface area contributed by atoms with E-state index in [-0.39, 0.29) is 24.3 Å². The Hall–Kier alpha value is -3.27. The summed E-state index contributed by atoms with van der Waals surface area (Å²) in [4.78, 5) is 22.5. The molecule has 0 aliphatic heterocycles. The average molecular weight is 361 g/mol. The number of alkyl halides is 3. The number of alkyl carbamates (subject to hydrolysis) is 1. The molecule has 0 saturated carbocycles. The topological polar surface area (TPSA) is 55.4 Å². The van der Waals surface area contributed by atoms with E-state index in [9.17, 15) is 22.8 Å². The van der Waals surface area contributed by atoms with Crippen molar-refractivity contribution >= 4 is 12.4 Å². The molecule has 2 aromatic rings. The van der Waals surface area contributed by atoms with Crippen LogP contribution >= 0.6 is 0 Å². The van der Waals surface area contributed by atoms with Crippen molar-refractivity contribution in [3.63, 3.8) is 0 Å². The van der Waals surface area contributed by atoms with Gasteiger partial charge >= 0.3 is 12.3 Å². The number of ether oxygens (including phenoxy) is 1. The van der Waals surface area contributed by atoms with Gasteiger partial charge in [0.2, 0.25) is 0 Å². The molecule has 2 rings (SSSR count). The Morgan fingerprint density at radius 2 is 1.88 bits per heavy atom. The van der Waals surface area contributed by atoms with Crippen LogP contribution in [0.5, 0.6) is 0 Å². The van der Waals surface area contributed by atoms with Crippen LogP contribution in [0.4, 0.5) is 18.0 Å². The SMILES string of the molecule is O=Cc1cc(C(F)(F)F)ccc1C#CCNC(=O)OCc1ccccc1. The van der Waals surface area contributed by atoms with E-state index in [0.717, 1.165) is 23.8 Å². The van der Waals surface area contributed by atoms with E-state index in [4.69, 9.17) is 4.74 Å². The lowest BCUT2D eigenvalue weighted by molar-refractivity contribution is -0.137. The lowest BCUT2D eigenvalue weighted by atomic mass is 10.0. The Morgan fingerprint density at radius 1 is 1.15 bits per heavy atom. The van der Waals surface area contributed by atoms with Crippen molar-refractivity contribution in [1.82, 2.24) is 5.32 Å². The minimum atomic E-state index is -4.53. The van der Waals surface area contributed by atoms with Gasteiger partial charge in [-0.25, -0.2) is 4.79 Å². The Kier molecular flexibility index (Phi) is 6.39. The second kappa shape index (κ2) is 8.72. The predicted octanol–water partition coefficient (Wildman–Crippen LogP) is 3.80. The van der Waals surface area contributed by atoms with E-state index in [1.807, 2.05) is 18.2 Å². The Bertz CT molecular complexity index is 837. The molecule has 0 saturated heterocycles. The fourth-order valence-corrected chi connectivity index (χ4v) is 1.98. The minimum Gasteiger partial charge on any atom is -0.445 e. The van der Waals surface area contributed by atoms with E-state index in [0.29, 0.717) is 6.29 Å². The summed E-state index contributed by atoms with van der Waals surface area (Å²) < 4.78 is 42.8. The maximum absolute atomic E-state index is 12.6.